The Morgan fingerprint density at radius 2 is 1.18 bits per heavy atom. The number of benzene rings is 5. The Kier molecular flexibility index (Phi) is 21.9. The molecule has 1 amide bonds. The molecule has 0 aliphatic carbocycles. The third-order valence-electron chi connectivity index (χ3n) is 9.70. The molecule has 6 aromatic rings. The van der Waals surface area contributed by atoms with Crippen LogP contribution in [-0.4, -0.2) is 40.4 Å². The molecule has 67 heavy (non-hydrogen) atoms. The number of aromatic nitrogens is 1. The Bertz CT molecular complexity index is 2880. The van der Waals surface area contributed by atoms with Crippen molar-refractivity contribution in [1.82, 2.24) is 4.98 Å². The maximum atomic E-state index is 13.6. The zero-order chi connectivity index (χ0) is 45.4. The predicted octanol–water partition coefficient (Wildman–Crippen LogP) is 12.5. The molecule has 352 valence electrons. The molecule has 0 fully saturated rings. The summed E-state index contributed by atoms with van der Waals surface area (Å²) in [6.07, 6.45) is 4.51. The van der Waals surface area contributed by atoms with Crippen molar-refractivity contribution in [2.75, 3.05) is 0 Å². The van der Waals surface area contributed by atoms with Gasteiger partial charge in [-0.2, -0.15) is 0 Å². The van der Waals surface area contributed by atoms with E-state index in [2.05, 4.69) is 67.1 Å². The number of amides is 1. The first-order valence-corrected chi connectivity index (χ1v) is 19.5. The van der Waals surface area contributed by atoms with E-state index in [1.165, 1.54) is 12.3 Å². The molecule has 0 atom stereocenters. The van der Waals surface area contributed by atoms with Gasteiger partial charge in [0.2, 0.25) is 11.6 Å². The Morgan fingerprint density at radius 3 is 1.70 bits per heavy atom. The summed E-state index contributed by atoms with van der Waals surface area (Å²) in [5.41, 5.74) is 4.02. The second kappa shape index (κ2) is 25.7. The van der Waals surface area contributed by atoms with Gasteiger partial charge in [0, 0.05) is 29.0 Å². The quantitative estimate of drug-likeness (QED) is 0.0207. The number of para-hydroxylation sites is 1. The summed E-state index contributed by atoms with van der Waals surface area (Å²) in [6, 6.07) is 37.3. The van der Waals surface area contributed by atoms with Crippen molar-refractivity contribution in [2.45, 2.75) is 39.5 Å². The molecular weight excluding hydrogens is 1010 g/mol. The Labute approximate surface area is 416 Å². The summed E-state index contributed by atoms with van der Waals surface area (Å²) in [7, 11) is 0. The van der Waals surface area contributed by atoms with Crippen molar-refractivity contribution in [3.05, 3.63) is 200 Å². The zero-order valence-electron chi connectivity index (χ0n) is 35.7. The van der Waals surface area contributed by atoms with Crippen molar-refractivity contribution in [2.24, 2.45) is 15.0 Å². The minimum atomic E-state index is -2.34. The minimum Gasteiger partial charge on any atom is -0.549 e. The number of carbonyl (C=O) groups is 2. The van der Waals surface area contributed by atoms with E-state index in [1.807, 2.05) is 54.6 Å². The minimum absolute atomic E-state index is 0. The first kappa shape index (κ1) is 57.1. The number of hydrogen-bond donors (Lipinski definition) is 2. The molecule has 0 saturated heterocycles. The normalized spacial score (nSPS) is 12.8. The monoisotopic (exact) mass is 1040 g/mol. The second-order valence-electron chi connectivity index (χ2n) is 14.6. The first-order chi connectivity index (χ1) is 30.2. The van der Waals surface area contributed by atoms with Crippen molar-refractivity contribution < 1.29 is 70.8 Å². The molecule has 1 aliphatic heterocycles. The number of aliphatic imine (C=N–C) groups is 3. The summed E-state index contributed by atoms with van der Waals surface area (Å²) in [5.74, 6) is -12.2. The van der Waals surface area contributed by atoms with Crippen LogP contribution in [0.4, 0.5) is 33.3 Å². The number of aliphatic hydroxyl groups is 1. The number of nitrogens with zero attached hydrogens (tertiary/aromatic N) is 3. The zero-order valence-corrected chi connectivity index (χ0v) is 39.3. The van der Waals surface area contributed by atoms with Gasteiger partial charge in [-0.1, -0.05) is 112 Å². The Morgan fingerprint density at radius 1 is 0.657 bits per heavy atom. The Hall–Kier alpha value is -6.05. The molecule has 2 heterocycles. The number of halogens is 7. The van der Waals surface area contributed by atoms with Gasteiger partial charge >= 0.3 is 17.1 Å². The van der Waals surface area contributed by atoms with E-state index in [4.69, 9.17) is 4.99 Å². The van der Waals surface area contributed by atoms with Crippen LogP contribution < -0.4 is 5.56 Å². The number of aromatic amines is 1. The second-order valence-corrected chi connectivity index (χ2v) is 14.6. The molecule has 1 aliphatic rings. The molecule has 0 saturated carbocycles. The fraction of sp³-hybridized carbons (Fsp3) is 0.120. The predicted molar refractivity (Wildman–Crippen MR) is 249 cm³/mol. The number of hydrogen-bond acceptors (Lipinski definition) is 6. The molecule has 2 N–H and O–H groups in total. The molecular formula is C50H39Cl2CuF5FeN4O4-. The van der Waals surface area contributed by atoms with Gasteiger partial charge in [-0.05, 0) is 58.0 Å². The fourth-order valence-electron chi connectivity index (χ4n) is 6.53. The van der Waals surface area contributed by atoms with Crippen LogP contribution in [-0.2, 0) is 38.9 Å². The van der Waals surface area contributed by atoms with Gasteiger partial charge in [0.1, 0.15) is 5.69 Å². The molecule has 8 nitrogen and oxygen atoms in total. The van der Waals surface area contributed by atoms with Crippen LogP contribution in [0.15, 0.2) is 146 Å². The van der Waals surface area contributed by atoms with Gasteiger partial charge in [-0.15, -0.1) is 66.3 Å². The number of dihydropyridines is 1. The Balaban J connectivity index is 0.000000444. The number of allylic oxidation sites excluding steroid dienone is 3. The number of carbonyl (C=O) groups excluding carboxylic acids is 2. The topological polar surface area (TPSA) is 124 Å². The number of nitrogens with one attached hydrogen (secondary N) is 1. The van der Waals surface area contributed by atoms with Crippen LogP contribution in [0.2, 0.25) is 0 Å². The maximum absolute atomic E-state index is 13.6. The van der Waals surface area contributed by atoms with E-state index in [0.29, 0.717) is 45.3 Å². The van der Waals surface area contributed by atoms with Crippen molar-refractivity contribution >= 4 is 77.7 Å². The third kappa shape index (κ3) is 13.1. The number of Topliss-reactive ketones (excluding diaryl/α,β-unsaturated/α-hetero) is 1. The van der Waals surface area contributed by atoms with E-state index in [1.54, 1.807) is 36.4 Å². The number of ketones is 1. The van der Waals surface area contributed by atoms with Crippen molar-refractivity contribution in [1.29, 1.82) is 0 Å². The van der Waals surface area contributed by atoms with E-state index in [0.717, 1.165) is 22.9 Å². The summed E-state index contributed by atoms with van der Waals surface area (Å²) < 4.78 is 66.4. The molecule has 0 spiro atoms. The van der Waals surface area contributed by atoms with E-state index in [9.17, 15) is 41.4 Å². The molecule has 7 rings (SSSR count). The first-order valence-electron chi connectivity index (χ1n) is 19.5. The maximum Gasteiger partial charge on any atom is 1.00 e. The molecule has 17 heteroatoms. The fourth-order valence-corrected chi connectivity index (χ4v) is 6.53. The van der Waals surface area contributed by atoms with Gasteiger partial charge in [0.25, 0.3) is 5.56 Å². The molecule has 5 aromatic carbocycles. The molecule has 0 unspecified atom stereocenters. The number of pyridine rings is 1. The standard InChI is InChI=1S/C31H28N2O2.C19H9F5N2O2.2ClH.Cu.Fe/c1-20(2)24-16-11-17-25(21(3)4)30(24)32-19-27(34)26-18-33-31(35)29(23-14-9-6-10-15-23)28(26)22-12-7-5-8-13-22;20-13-14(21)16(23)18(17(24)15(13)22)25-8-12(27)10-6-7-11(26-19(10)28)9-4-2-1-3-5-9;;;;/h5-12,14-17,19-21,34H,1-4H3;1-8H,(H,26,28);2*1H;;/q-2;;;;+1;. The summed E-state index contributed by atoms with van der Waals surface area (Å²) in [6.45, 7) is 8.51. The number of H-pyrrole nitrogens is 1. The van der Waals surface area contributed by atoms with Crippen LogP contribution in [0.25, 0.3) is 22.4 Å². The van der Waals surface area contributed by atoms with E-state index in [-0.39, 0.29) is 76.5 Å². The molecule has 0 radical (unpaired) electrons. The van der Waals surface area contributed by atoms with Gasteiger partial charge in [0.05, 0.1) is 23.2 Å². The largest absolute Gasteiger partial charge is 1.00 e. The molecule has 0 bridgehead atoms. The van der Waals surface area contributed by atoms with Gasteiger partial charge in [0.15, 0.2) is 29.2 Å². The number of aliphatic hydroxyl groups excluding tert-OH is 1. The van der Waals surface area contributed by atoms with Gasteiger partial charge in [-0.25, -0.2) is 26.9 Å². The van der Waals surface area contributed by atoms with Crippen molar-refractivity contribution in [3.63, 3.8) is 0 Å². The van der Waals surface area contributed by atoms with Crippen LogP contribution in [0.1, 0.15) is 72.1 Å². The van der Waals surface area contributed by atoms with Gasteiger partial charge < -0.3 is 19.9 Å². The van der Waals surface area contributed by atoms with Crippen LogP contribution >= 0.6 is 24.8 Å². The number of rotatable bonds is 10. The average molecular weight is 1050 g/mol. The summed E-state index contributed by atoms with van der Waals surface area (Å²) in [5, 5.41) is 11.2. The molecule has 1 aromatic heterocycles. The SMILES string of the molecule is CC(C)c1cccc(C(C)C)c1N=CC(O)=C1[C-]=NC(=O)C(c2ccccc2)=C1c1[c-]cccc1.Cl.Cl.O=C(C=Nc1c(F)c(F)c(F)c(F)c1F)c1ccc(-c2ccccc2)[nH]c1=O.[Cu+].[Fe]. The third-order valence-corrected chi connectivity index (χ3v) is 9.70. The van der Waals surface area contributed by atoms with E-state index >= 15 is 0 Å². The van der Waals surface area contributed by atoms with Crippen LogP contribution in [0, 0.1) is 35.2 Å². The van der Waals surface area contributed by atoms with Crippen LogP contribution in [0.5, 0.6) is 0 Å². The summed E-state index contributed by atoms with van der Waals surface area (Å²) >= 11 is 0. The smallest absolute Gasteiger partial charge is 0.549 e. The summed E-state index contributed by atoms with van der Waals surface area (Å²) in [4.78, 5) is 51.3. The van der Waals surface area contributed by atoms with Crippen molar-refractivity contribution in [3.8, 4) is 11.3 Å². The van der Waals surface area contributed by atoms with Gasteiger partial charge in [-0.3, -0.25) is 14.6 Å². The van der Waals surface area contributed by atoms with E-state index < -0.39 is 57.6 Å². The average Bonchev–Trinajstić information content (AvgIpc) is 3.30. The van der Waals surface area contributed by atoms with Crippen LogP contribution in [0.3, 0.4) is 0 Å².